The van der Waals surface area contributed by atoms with E-state index >= 15 is 0 Å². The van der Waals surface area contributed by atoms with Crippen LogP contribution in [-0.4, -0.2) is 24.3 Å². The van der Waals surface area contributed by atoms with Gasteiger partial charge in [-0.05, 0) is 51.0 Å². The van der Waals surface area contributed by atoms with Crippen LogP contribution in [0.15, 0.2) is 30.3 Å². The number of hydrogen-bond acceptors (Lipinski definition) is 3. The second-order valence-electron chi connectivity index (χ2n) is 7.80. The molecule has 0 amide bonds. The minimum atomic E-state index is -0.488. The Balaban J connectivity index is 2.23. The Hall–Kier alpha value is -1.35. The quantitative estimate of drug-likeness (QED) is 0.865. The van der Waals surface area contributed by atoms with Crippen molar-refractivity contribution in [3.63, 3.8) is 0 Å². The molecule has 1 fully saturated rings. The Morgan fingerprint density at radius 2 is 1.91 bits per heavy atom. The average molecular weight is 304 g/mol. The average Bonchev–Trinajstić information content (AvgIpc) is 2.82. The zero-order chi connectivity index (χ0) is 16.4. The molecular weight excluding hydrogens is 276 g/mol. The van der Waals surface area contributed by atoms with Gasteiger partial charge >= 0.3 is 5.97 Å². The van der Waals surface area contributed by atoms with Gasteiger partial charge in [-0.3, -0.25) is 4.79 Å². The summed E-state index contributed by atoms with van der Waals surface area (Å²) in [4.78, 5) is 12.2. The number of carbonyl (C=O) groups is 1. The number of carbonyl (C=O) groups excluding carboxylic acids is 1. The molecule has 1 N–H and O–H groups in total. The molecule has 0 aliphatic heterocycles. The molecule has 1 aliphatic rings. The molecule has 1 saturated carbocycles. The summed E-state index contributed by atoms with van der Waals surface area (Å²) in [6.45, 7) is 8.39. The van der Waals surface area contributed by atoms with Crippen LogP contribution in [0.4, 0.5) is 0 Å². The van der Waals surface area contributed by atoms with Gasteiger partial charge in [-0.15, -0.1) is 0 Å². The van der Waals surface area contributed by atoms with E-state index in [2.05, 4.69) is 19.1 Å². The predicted molar refractivity (Wildman–Crippen MR) is 87.5 cm³/mol. The van der Waals surface area contributed by atoms with Crippen molar-refractivity contribution in [1.82, 2.24) is 0 Å². The van der Waals surface area contributed by atoms with E-state index in [-0.39, 0.29) is 23.9 Å². The highest BCUT2D eigenvalue weighted by Crippen LogP contribution is 2.47. The maximum Gasteiger partial charge on any atom is 0.311 e. The van der Waals surface area contributed by atoms with Crippen LogP contribution >= 0.6 is 0 Å². The van der Waals surface area contributed by atoms with Gasteiger partial charge in [0.2, 0.25) is 0 Å². The third-order valence-electron chi connectivity index (χ3n) is 4.88. The van der Waals surface area contributed by atoms with Crippen molar-refractivity contribution in [3.05, 3.63) is 35.9 Å². The molecule has 0 heterocycles. The first-order valence-corrected chi connectivity index (χ1v) is 8.12. The maximum atomic E-state index is 12.2. The van der Waals surface area contributed by atoms with Crippen molar-refractivity contribution in [1.29, 1.82) is 0 Å². The van der Waals surface area contributed by atoms with Gasteiger partial charge in [0.1, 0.15) is 6.61 Å². The Labute approximate surface area is 133 Å². The van der Waals surface area contributed by atoms with Crippen LogP contribution in [0.5, 0.6) is 0 Å². The molecule has 0 radical (unpaired) electrons. The lowest BCUT2D eigenvalue weighted by Crippen LogP contribution is -2.34. The first-order valence-electron chi connectivity index (χ1n) is 8.12. The number of benzene rings is 1. The van der Waals surface area contributed by atoms with Crippen molar-refractivity contribution < 1.29 is 14.6 Å². The van der Waals surface area contributed by atoms with E-state index in [9.17, 15) is 9.90 Å². The van der Waals surface area contributed by atoms with Crippen molar-refractivity contribution >= 4 is 5.97 Å². The highest BCUT2D eigenvalue weighted by molar-refractivity contribution is 5.75. The molecule has 122 valence electrons. The third-order valence-corrected chi connectivity index (χ3v) is 4.88. The van der Waals surface area contributed by atoms with Crippen molar-refractivity contribution in [2.45, 2.75) is 46.0 Å². The highest BCUT2D eigenvalue weighted by Gasteiger charge is 2.45. The van der Waals surface area contributed by atoms with Crippen LogP contribution in [0, 0.1) is 17.3 Å². The van der Waals surface area contributed by atoms with Gasteiger partial charge in [0.15, 0.2) is 0 Å². The van der Waals surface area contributed by atoms with Gasteiger partial charge in [-0.1, -0.05) is 37.3 Å². The Morgan fingerprint density at radius 3 is 2.41 bits per heavy atom. The van der Waals surface area contributed by atoms with E-state index in [0.29, 0.717) is 12.5 Å². The zero-order valence-corrected chi connectivity index (χ0v) is 14.1. The zero-order valence-electron chi connectivity index (χ0n) is 14.1. The van der Waals surface area contributed by atoms with Crippen LogP contribution < -0.4 is 0 Å². The molecule has 1 unspecified atom stereocenters. The first kappa shape index (κ1) is 17.0. The summed E-state index contributed by atoms with van der Waals surface area (Å²) in [6.07, 6.45) is 1.81. The highest BCUT2D eigenvalue weighted by atomic mass is 16.5. The van der Waals surface area contributed by atoms with Gasteiger partial charge in [-0.25, -0.2) is 0 Å². The number of rotatable bonds is 4. The molecule has 0 aromatic heterocycles. The molecular formula is C19H28O3. The van der Waals surface area contributed by atoms with Crippen LogP contribution in [0.2, 0.25) is 0 Å². The number of aliphatic hydroxyl groups is 1. The van der Waals surface area contributed by atoms with Gasteiger partial charge in [0.05, 0.1) is 5.41 Å². The SMILES string of the molecule is C[C@H]1CC(COC(=O)C(C)(C)C)(c2ccccc2)C[C@@H]1CO. The molecule has 3 heteroatoms. The summed E-state index contributed by atoms with van der Waals surface area (Å²) >= 11 is 0. The topological polar surface area (TPSA) is 46.5 Å². The van der Waals surface area contributed by atoms with E-state index < -0.39 is 5.41 Å². The molecule has 0 saturated heterocycles. The van der Waals surface area contributed by atoms with Crippen molar-refractivity contribution in [3.8, 4) is 0 Å². The van der Waals surface area contributed by atoms with Crippen LogP contribution in [0.1, 0.15) is 46.1 Å². The first-order chi connectivity index (χ1) is 10.3. The molecule has 0 bridgehead atoms. The predicted octanol–water partition coefficient (Wildman–Crippen LogP) is 3.55. The van der Waals surface area contributed by atoms with Gasteiger partial charge < -0.3 is 9.84 Å². The fourth-order valence-electron chi connectivity index (χ4n) is 3.46. The van der Waals surface area contributed by atoms with Crippen LogP contribution in [0.25, 0.3) is 0 Å². The van der Waals surface area contributed by atoms with E-state index in [4.69, 9.17) is 4.74 Å². The third kappa shape index (κ3) is 3.52. The molecule has 22 heavy (non-hydrogen) atoms. The lowest BCUT2D eigenvalue weighted by molar-refractivity contribution is -0.155. The smallest absolute Gasteiger partial charge is 0.311 e. The number of esters is 1. The molecule has 1 aromatic rings. The number of aliphatic hydroxyl groups excluding tert-OH is 1. The largest absolute Gasteiger partial charge is 0.464 e. The lowest BCUT2D eigenvalue weighted by Gasteiger charge is -2.31. The van der Waals surface area contributed by atoms with Crippen LogP contribution in [-0.2, 0) is 14.9 Å². The second kappa shape index (κ2) is 6.41. The summed E-state index contributed by atoms with van der Waals surface area (Å²) in [7, 11) is 0. The maximum absolute atomic E-state index is 12.2. The van der Waals surface area contributed by atoms with Gasteiger partial charge in [0, 0.05) is 12.0 Å². The van der Waals surface area contributed by atoms with Crippen LogP contribution in [0.3, 0.4) is 0 Å². The minimum Gasteiger partial charge on any atom is -0.464 e. The normalized spacial score (nSPS) is 28.6. The lowest BCUT2D eigenvalue weighted by atomic mass is 9.78. The summed E-state index contributed by atoms with van der Waals surface area (Å²) < 4.78 is 5.67. The summed E-state index contributed by atoms with van der Waals surface area (Å²) in [5.74, 6) is 0.537. The molecule has 3 nitrogen and oxygen atoms in total. The fraction of sp³-hybridized carbons (Fsp3) is 0.632. The Bertz CT molecular complexity index is 503. The molecule has 0 spiro atoms. The second-order valence-corrected chi connectivity index (χ2v) is 7.80. The van der Waals surface area contributed by atoms with E-state index in [1.54, 1.807) is 0 Å². The summed E-state index contributed by atoms with van der Waals surface area (Å²) in [5.41, 5.74) is 0.549. The van der Waals surface area contributed by atoms with Gasteiger partial charge in [0.25, 0.3) is 0 Å². The van der Waals surface area contributed by atoms with Gasteiger partial charge in [-0.2, -0.15) is 0 Å². The van der Waals surface area contributed by atoms with E-state index in [0.717, 1.165) is 12.8 Å². The summed E-state index contributed by atoms with van der Waals surface area (Å²) in [5, 5.41) is 9.61. The Morgan fingerprint density at radius 1 is 1.27 bits per heavy atom. The monoisotopic (exact) mass is 304 g/mol. The minimum absolute atomic E-state index is 0.164. The fourth-order valence-corrected chi connectivity index (χ4v) is 3.46. The molecule has 3 atom stereocenters. The number of hydrogen-bond donors (Lipinski definition) is 1. The Kier molecular flexibility index (Phi) is 4.96. The molecule has 1 aromatic carbocycles. The van der Waals surface area contributed by atoms with Crippen molar-refractivity contribution in [2.75, 3.05) is 13.2 Å². The number of ether oxygens (including phenoxy) is 1. The molecule has 2 rings (SSSR count). The standard InChI is InChI=1S/C19H28O3/c1-14-10-19(11-15(14)12-20,16-8-6-5-7-9-16)13-22-17(21)18(2,3)4/h5-9,14-15,20H,10-13H2,1-4H3/t14-,15+,19?/m0/s1. The van der Waals surface area contributed by atoms with E-state index in [1.165, 1.54) is 5.56 Å². The van der Waals surface area contributed by atoms with Crippen molar-refractivity contribution in [2.24, 2.45) is 17.3 Å². The van der Waals surface area contributed by atoms with E-state index in [1.807, 2.05) is 39.0 Å². The summed E-state index contributed by atoms with van der Waals surface area (Å²) in [6, 6.07) is 10.3. The molecule has 1 aliphatic carbocycles.